The lowest BCUT2D eigenvalue weighted by atomic mass is 10.3. The topological polar surface area (TPSA) is 9.23 Å². The van der Waals surface area contributed by atoms with Crippen LogP contribution in [0.25, 0.3) is 0 Å². The second-order valence-electron chi connectivity index (χ2n) is 7.57. The Hall–Kier alpha value is -1.64. The molecule has 3 aromatic rings. The maximum Gasteiger partial charge on any atom is 0.143 e. The van der Waals surface area contributed by atoms with Gasteiger partial charge in [-0.15, -0.1) is 0 Å². The Kier molecular flexibility index (Phi) is 7.54. The Labute approximate surface area is 192 Å². The summed E-state index contributed by atoms with van der Waals surface area (Å²) < 4.78 is 6.40. The van der Waals surface area contributed by atoms with Gasteiger partial charge >= 0.3 is 0 Å². The molecule has 0 amide bonds. The van der Waals surface area contributed by atoms with Crippen LogP contribution < -0.4 is 39.9 Å². The molecule has 0 atom stereocenters. The largest absolute Gasteiger partial charge is 1.00 e. The average molecular weight is 514 g/mol. The molecule has 0 heterocycles. The van der Waals surface area contributed by atoms with Crippen molar-refractivity contribution in [3.63, 3.8) is 0 Å². The molecule has 150 valence electrons. The molecular formula is C26H28IOP. The van der Waals surface area contributed by atoms with Crippen molar-refractivity contribution in [2.45, 2.75) is 39.2 Å². The lowest BCUT2D eigenvalue weighted by Gasteiger charge is -2.29. The predicted octanol–water partition coefficient (Wildman–Crippen LogP) is 2.80. The molecule has 0 saturated heterocycles. The molecule has 0 saturated carbocycles. The van der Waals surface area contributed by atoms with Gasteiger partial charge in [-0.1, -0.05) is 54.6 Å². The summed E-state index contributed by atoms with van der Waals surface area (Å²) in [7, 11) is -1.96. The maximum atomic E-state index is 6.40. The van der Waals surface area contributed by atoms with E-state index in [-0.39, 0.29) is 30.1 Å². The third-order valence-electron chi connectivity index (χ3n) is 5.35. The summed E-state index contributed by atoms with van der Waals surface area (Å²) in [4.78, 5) is 0. The summed E-state index contributed by atoms with van der Waals surface area (Å²) in [5.74, 6) is 1.22. The van der Waals surface area contributed by atoms with Gasteiger partial charge in [-0.3, -0.25) is 0 Å². The predicted molar refractivity (Wildman–Crippen MR) is 122 cm³/mol. The first-order chi connectivity index (χ1) is 13.7. The number of hydrogen-bond donors (Lipinski definition) is 0. The molecule has 0 aromatic heterocycles. The number of halogens is 1. The van der Waals surface area contributed by atoms with Crippen LogP contribution >= 0.6 is 7.26 Å². The zero-order chi connectivity index (χ0) is 19.4. The summed E-state index contributed by atoms with van der Waals surface area (Å²) in [6, 6.07) is 33.3. The van der Waals surface area contributed by atoms with E-state index in [0.29, 0.717) is 0 Å². The molecule has 0 spiro atoms. The average Bonchev–Trinajstić information content (AvgIpc) is 3.19. The van der Waals surface area contributed by atoms with Crippen molar-refractivity contribution in [2.24, 2.45) is 0 Å². The smallest absolute Gasteiger partial charge is 0.143 e. The standard InChI is InChI=1S/C26H28OP.HI/c1-21(2)27-25-19-12-20-26(25)28(22-13-6-3-7-14-22,23-15-8-4-9-16-23)24-17-10-5-11-18-24;/h3-11,13-18,21H,12,19-20H2,1-2H3;1H/q+1;/p-1. The minimum absolute atomic E-state index is 0. The van der Waals surface area contributed by atoms with E-state index < -0.39 is 7.26 Å². The highest BCUT2D eigenvalue weighted by Gasteiger charge is 2.52. The van der Waals surface area contributed by atoms with E-state index in [4.69, 9.17) is 4.74 Å². The van der Waals surface area contributed by atoms with Gasteiger partial charge in [0.05, 0.1) is 6.10 Å². The number of allylic oxidation sites excluding steroid dienone is 2. The molecule has 0 bridgehead atoms. The summed E-state index contributed by atoms with van der Waals surface area (Å²) in [5.41, 5.74) is 0. The van der Waals surface area contributed by atoms with Crippen molar-refractivity contribution in [2.75, 3.05) is 0 Å². The van der Waals surface area contributed by atoms with E-state index in [1.54, 1.807) is 0 Å². The van der Waals surface area contributed by atoms with Gasteiger partial charge in [-0.2, -0.15) is 0 Å². The Bertz CT molecular complexity index is 840. The Morgan fingerprint density at radius 1 is 0.655 bits per heavy atom. The molecule has 3 heteroatoms. The minimum Gasteiger partial charge on any atom is -1.00 e. The van der Waals surface area contributed by atoms with Crippen LogP contribution in [0.3, 0.4) is 0 Å². The summed E-state index contributed by atoms with van der Waals surface area (Å²) in [5, 5.41) is 5.75. The molecule has 1 nitrogen and oxygen atoms in total. The van der Waals surface area contributed by atoms with Gasteiger partial charge in [0.2, 0.25) is 0 Å². The van der Waals surface area contributed by atoms with E-state index in [9.17, 15) is 0 Å². The first-order valence-corrected chi connectivity index (χ1v) is 12.0. The van der Waals surface area contributed by atoms with Crippen LogP contribution in [0.1, 0.15) is 33.1 Å². The molecule has 0 N–H and O–H groups in total. The van der Waals surface area contributed by atoms with Crippen molar-refractivity contribution in [3.05, 3.63) is 102 Å². The Balaban J connectivity index is 0.00000240. The van der Waals surface area contributed by atoms with Gasteiger partial charge < -0.3 is 28.7 Å². The van der Waals surface area contributed by atoms with E-state index in [1.807, 2.05) is 0 Å². The van der Waals surface area contributed by atoms with Crippen LogP contribution in [0, 0.1) is 0 Å². The first-order valence-electron chi connectivity index (χ1n) is 10.2. The quantitative estimate of drug-likeness (QED) is 0.364. The van der Waals surface area contributed by atoms with E-state index in [1.165, 1.54) is 33.4 Å². The fourth-order valence-electron chi connectivity index (χ4n) is 4.34. The molecule has 4 rings (SSSR count). The van der Waals surface area contributed by atoms with Crippen LogP contribution in [0.4, 0.5) is 0 Å². The lowest BCUT2D eigenvalue weighted by molar-refractivity contribution is -0.00000768. The highest BCUT2D eigenvalue weighted by molar-refractivity contribution is 7.99. The normalized spacial score (nSPS) is 14.0. The van der Waals surface area contributed by atoms with E-state index >= 15 is 0 Å². The maximum absolute atomic E-state index is 6.40. The molecule has 1 aliphatic carbocycles. The van der Waals surface area contributed by atoms with Crippen molar-refractivity contribution >= 4 is 23.2 Å². The van der Waals surface area contributed by atoms with E-state index in [2.05, 4.69) is 105 Å². The molecule has 0 aliphatic heterocycles. The minimum atomic E-state index is -1.96. The fraction of sp³-hybridized carbons (Fsp3) is 0.231. The highest BCUT2D eigenvalue weighted by atomic mass is 127. The van der Waals surface area contributed by atoms with Gasteiger partial charge in [0.15, 0.2) is 0 Å². The highest BCUT2D eigenvalue weighted by Crippen LogP contribution is 2.66. The van der Waals surface area contributed by atoms with Crippen LogP contribution in [0.2, 0.25) is 0 Å². The third kappa shape index (κ3) is 4.29. The zero-order valence-corrected chi connectivity index (χ0v) is 20.1. The number of ether oxygens (including phenoxy) is 1. The van der Waals surface area contributed by atoms with Crippen LogP contribution in [0.15, 0.2) is 102 Å². The fourth-order valence-corrected chi connectivity index (χ4v) is 9.06. The van der Waals surface area contributed by atoms with Crippen molar-refractivity contribution < 1.29 is 28.7 Å². The molecule has 0 radical (unpaired) electrons. The van der Waals surface area contributed by atoms with Gasteiger partial charge in [0, 0.05) is 12.8 Å². The second kappa shape index (κ2) is 9.91. The third-order valence-corrected chi connectivity index (χ3v) is 9.85. The number of rotatable bonds is 6. The van der Waals surface area contributed by atoms with Crippen LogP contribution in [-0.2, 0) is 4.74 Å². The number of benzene rings is 3. The van der Waals surface area contributed by atoms with Gasteiger partial charge in [0.1, 0.15) is 34.2 Å². The summed E-state index contributed by atoms with van der Waals surface area (Å²) >= 11 is 0. The second-order valence-corrected chi connectivity index (χ2v) is 11.0. The van der Waals surface area contributed by atoms with Gasteiger partial charge in [0.25, 0.3) is 0 Å². The van der Waals surface area contributed by atoms with Crippen molar-refractivity contribution in [1.29, 1.82) is 0 Å². The van der Waals surface area contributed by atoms with Gasteiger partial charge in [-0.05, 0) is 56.7 Å². The van der Waals surface area contributed by atoms with Crippen LogP contribution in [0.5, 0.6) is 0 Å². The van der Waals surface area contributed by atoms with Crippen molar-refractivity contribution in [3.8, 4) is 0 Å². The summed E-state index contributed by atoms with van der Waals surface area (Å²) in [6.45, 7) is 4.27. The number of hydrogen-bond acceptors (Lipinski definition) is 1. The monoisotopic (exact) mass is 514 g/mol. The molecular weight excluding hydrogens is 486 g/mol. The SMILES string of the molecule is CC(C)OC1=C([P+](c2ccccc2)(c2ccccc2)c2ccccc2)CCC1.[I-]. The Morgan fingerprint density at radius 2 is 1.07 bits per heavy atom. The van der Waals surface area contributed by atoms with Gasteiger partial charge in [-0.25, -0.2) is 0 Å². The molecule has 1 aliphatic rings. The Morgan fingerprint density at radius 3 is 1.45 bits per heavy atom. The molecule has 3 aromatic carbocycles. The summed E-state index contributed by atoms with van der Waals surface area (Å²) in [6.07, 6.45) is 3.52. The molecule has 0 fully saturated rings. The van der Waals surface area contributed by atoms with Crippen molar-refractivity contribution in [1.82, 2.24) is 0 Å². The van der Waals surface area contributed by atoms with E-state index in [0.717, 1.165) is 12.8 Å². The first kappa shape index (κ1) is 22.1. The van der Waals surface area contributed by atoms with Crippen LogP contribution in [-0.4, -0.2) is 6.10 Å². The lowest BCUT2D eigenvalue weighted by Crippen LogP contribution is -3.00. The molecule has 0 unspecified atom stereocenters. The molecule has 29 heavy (non-hydrogen) atoms. The zero-order valence-electron chi connectivity index (χ0n) is 17.1.